The second-order valence-corrected chi connectivity index (χ2v) is 5.67. The Morgan fingerprint density at radius 1 is 1.18 bits per heavy atom. The van der Waals surface area contributed by atoms with Gasteiger partial charge in [-0.2, -0.15) is 0 Å². The first kappa shape index (κ1) is 16.9. The van der Waals surface area contributed by atoms with Gasteiger partial charge in [0.25, 0.3) is 0 Å². The van der Waals surface area contributed by atoms with E-state index in [4.69, 9.17) is 10.6 Å². The van der Waals surface area contributed by atoms with Crippen molar-refractivity contribution in [2.45, 2.75) is 32.1 Å². The molecule has 1 heterocycles. The lowest BCUT2D eigenvalue weighted by molar-refractivity contribution is 0.151. The van der Waals surface area contributed by atoms with Crippen LogP contribution in [-0.4, -0.2) is 43.4 Å². The molecule has 0 radical (unpaired) electrons. The zero-order valence-corrected chi connectivity index (χ0v) is 13.1. The predicted molar refractivity (Wildman–Crippen MR) is 87.5 cm³/mol. The summed E-state index contributed by atoms with van der Waals surface area (Å²) in [7, 11) is 0. The van der Waals surface area contributed by atoms with Crippen LogP contribution in [0.1, 0.15) is 37.7 Å². The fourth-order valence-corrected chi connectivity index (χ4v) is 2.71. The molecule has 1 fully saturated rings. The summed E-state index contributed by atoms with van der Waals surface area (Å²) in [6, 6.07) is 6.42. The van der Waals surface area contributed by atoms with Crippen molar-refractivity contribution in [2.75, 3.05) is 32.8 Å². The summed E-state index contributed by atoms with van der Waals surface area (Å²) < 4.78 is 13.1. The van der Waals surface area contributed by atoms with E-state index in [0.29, 0.717) is 13.2 Å². The number of hydrogen-bond acceptors (Lipinski definition) is 4. The van der Waals surface area contributed by atoms with Gasteiger partial charge in [-0.1, -0.05) is 23.7 Å². The van der Waals surface area contributed by atoms with E-state index in [-0.39, 0.29) is 5.82 Å². The molecule has 1 saturated heterocycles. The SMILES string of the molecule is NCCO/N=C(\CCCN1CCCCC1)c1ccc(F)cc1. The Morgan fingerprint density at radius 2 is 1.91 bits per heavy atom. The molecule has 0 spiro atoms. The van der Waals surface area contributed by atoms with E-state index >= 15 is 0 Å². The van der Waals surface area contributed by atoms with Gasteiger partial charge in [0.1, 0.15) is 12.4 Å². The highest BCUT2D eigenvalue weighted by Gasteiger charge is 2.11. The molecule has 0 aliphatic carbocycles. The first-order chi connectivity index (χ1) is 10.8. The van der Waals surface area contributed by atoms with E-state index in [9.17, 15) is 4.39 Å². The third kappa shape index (κ3) is 5.73. The molecule has 1 aliphatic heterocycles. The van der Waals surface area contributed by atoms with E-state index in [1.54, 1.807) is 12.1 Å². The lowest BCUT2D eigenvalue weighted by Gasteiger charge is -2.26. The molecule has 0 bridgehead atoms. The van der Waals surface area contributed by atoms with Crippen molar-refractivity contribution in [3.63, 3.8) is 0 Å². The van der Waals surface area contributed by atoms with Crippen LogP contribution in [0.25, 0.3) is 0 Å². The largest absolute Gasteiger partial charge is 0.394 e. The molecule has 122 valence electrons. The smallest absolute Gasteiger partial charge is 0.129 e. The third-order valence-corrected chi connectivity index (χ3v) is 3.90. The summed E-state index contributed by atoms with van der Waals surface area (Å²) in [4.78, 5) is 7.73. The summed E-state index contributed by atoms with van der Waals surface area (Å²) >= 11 is 0. The van der Waals surface area contributed by atoms with Gasteiger partial charge in [-0.15, -0.1) is 0 Å². The Hall–Kier alpha value is -1.46. The number of piperidine rings is 1. The summed E-state index contributed by atoms with van der Waals surface area (Å²) in [5, 5.41) is 4.19. The summed E-state index contributed by atoms with van der Waals surface area (Å²) in [6.45, 7) is 4.32. The molecule has 1 aromatic carbocycles. The first-order valence-corrected chi connectivity index (χ1v) is 8.17. The molecule has 0 aromatic heterocycles. The van der Waals surface area contributed by atoms with Gasteiger partial charge in [0.15, 0.2) is 0 Å². The van der Waals surface area contributed by atoms with E-state index in [1.807, 2.05) is 0 Å². The van der Waals surface area contributed by atoms with E-state index < -0.39 is 0 Å². The predicted octanol–water partition coefficient (Wildman–Crippen LogP) is 2.77. The highest BCUT2D eigenvalue weighted by molar-refractivity contribution is 6.00. The van der Waals surface area contributed by atoms with Crippen molar-refractivity contribution >= 4 is 5.71 Å². The third-order valence-electron chi connectivity index (χ3n) is 3.90. The Balaban J connectivity index is 1.89. The second kappa shape index (κ2) is 9.54. The molecule has 1 aliphatic rings. The lowest BCUT2D eigenvalue weighted by Crippen LogP contribution is -2.30. The Bertz CT molecular complexity index is 455. The summed E-state index contributed by atoms with van der Waals surface area (Å²) in [5.74, 6) is -0.237. The number of likely N-dealkylation sites (tertiary alicyclic amines) is 1. The minimum Gasteiger partial charge on any atom is -0.394 e. The van der Waals surface area contributed by atoms with Crippen LogP contribution in [0.2, 0.25) is 0 Å². The molecule has 2 N–H and O–H groups in total. The normalized spacial score (nSPS) is 16.7. The van der Waals surface area contributed by atoms with Crippen LogP contribution < -0.4 is 5.73 Å². The molecule has 1 aromatic rings. The number of nitrogens with two attached hydrogens (primary N) is 1. The van der Waals surface area contributed by atoms with Crippen molar-refractivity contribution in [2.24, 2.45) is 10.9 Å². The highest BCUT2D eigenvalue weighted by atomic mass is 19.1. The van der Waals surface area contributed by atoms with Crippen LogP contribution in [0.4, 0.5) is 4.39 Å². The van der Waals surface area contributed by atoms with E-state index in [2.05, 4.69) is 10.1 Å². The van der Waals surface area contributed by atoms with E-state index in [0.717, 1.165) is 30.7 Å². The van der Waals surface area contributed by atoms with Crippen LogP contribution >= 0.6 is 0 Å². The molecule has 22 heavy (non-hydrogen) atoms. The van der Waals surface area contributed by atoms with Crippen molar-refractivity contribution in [1.82, 2.24) is 4.90 Å². The second-order valence-electron chi connectivity index (χ2n) is 5.67. The molecule has 2 rings (SSSR count). The molecular formula is C17H26FN3O. The zero-order valence-electron chi connectivity index (χ0n) is 13.1. The van der Waals surface area contributed by atoms with Crippen molar-refractivity contribution in [1.29, 1.82) is 0 Å². The van der Waals surface area contributed by atoms with Gasteiger partial charge in [0.05, 0.1) is 5.71 Å². The molecule has 0 saturated carbocycles. The maximum atomic E-state index is 13.1. The minimum absolute atomic E-state index is 0.237. The Morgan fingerprint density at radius 3 is 2.59 bits per heavy atom. The van der Waals surface area contributed by atoms with Crippen LogP contribution in [-0.2, 0) is 4.84 Å². The maximum Gasteiger partial charge on any atom is 0.129 e. The molecule has 0 unspecified atom stereocenters. The Labute approximate surface area is 132 Å². The van der Waals surface area contributed by atoms with Gasteiger partial charge in [-0.05, 0) is 63.0 Å². The van der Waals surface area contributed by atoms with Crippen LogP contribution in [0, 0.1) is 5.82 Å². The number of rotatable bonds is 8. The highest BCUT2D eigenvalue weighted by Crippen LogP contribution is 2.12. The number of oxime groups is 1. The summed E-state index contributed by atoms with van der Waals surface area (Å²) in [6.07, 6.45) is 5.82. The number of nitrogens with zero attached hydrogens (tertiary/aromatic N) is 2. The molecular weight excluding hydrogens is 281 g/mol. The zero-order chi connectivity index (χ0) is 15.6. The van der Waals surface area contributed by atoms with Crippen LogP contribution in [0.15, 0.2) is 29.4 Å². The molecule has 5 heteroatoms. The first-order valence-electron chi connectivity index (χ1n) is 8.17. The van der Waals surface area contributed by atoms with Gasteiger partial charge in [0.2, 0.25) is 0 Å². The van der Waals surface area contributed by atoms with Gasteiger partial charge in [0, 0.05) is 6.54 Å². The van der Waals surface area contributed by atoms with Gasteiger partial charge in [-0.25, -0.2) is 4.39 Å². The molecule has 0 atom stereocenters. The fourth-order valence-electron chi connectivity index (χ4n) is 2.71. The maximum absolute atomic E-state index is 13.1. The lowest BCUT2D eigenvalue weighted by atomic mass is 10.0. The number of halogens is 1. The van der Waals surface area contributed by atoms with Crippen LogP contribution in [0.3, 0.4) is 0 Å². The standard InChI is InChI=1S/C17H26FN3O/c18-16-8-6-15(7-9-16)17(20-22-14-10-19)5-4-13-21-11-2-1-3-12-21/h6-9H,1-5,10-14,19H2/b20-17+. The van der Waals surface area contributed by atoms with Gasteiger partial charge < -0.3 is 15.5 Å². The van der Waals surface area contributed by atoms with Crippen molar-refractivity contribution < 1.29 is 9.23 Å². The molecule has 4 nitrogen and oxygen atoms in total. The number of hydrogen-bond donors (Lipinski definition) is 1. The minimum atomic E-state index is -0.237. The van der Waals surface area contributed by atoms with Gasteiger partial charge >= 0.3 is 0 Å². The fraction of sp³-hybridized carbons (Fsp3) is 0.588. The summed E-state index contributed by atoms with van der Waals surface area (Å²) in [5.41, 5.74) is 7.20. The molecule has 0 amide bonds. The average molecular weight is 307 g/mol. The topological polar surface area (TPSA) is 50.9 Å². The van der Waals surface area contributed by atoms with Crippen molar-refractivity contribution in [3.8, 4) is 0 Å². The number of benzene rings is 1. The van der Waals surface area contributed by atoms with Crippen molar-refractivity contribution in [3.05, 3.63) is 35.6 Å². The Kier molecular flexibility index (Phi) is 7.33. The average Bonchev–Trinajstić information content (AvgIpc) is 2.55. The monoisotopic (exact) mass is 307 g/mol. The van der Waals surface area contributed by atoms with Gasteiger partial charge in [-0.3, -0.25) is 0 Å². The quantitative estimate of drug-likeness (QED) is 0.456. The van der Waals surface area contributed by atoms with E-state index in [1.165, 1.54) is 44.5 Å². The van der Waals surface area contributed by atoms with Crippen LogP contribution in [0.5, 0.6) is 0 Å².